The molecule has 2 aromatic rings. The van der Waals surface area contributed by atoms with E-state index in [2.05, 4.69) is 6.92 Å². The average molecular weight is 372 g/mol. The normalized spacial score (nSPS) is 20.3. The van der Waals surface area contributed by atoms with Gasteiger partial charge < -0.3 is 0 Å². The maximum atomic E-state index is 14.6. The van der Waals surface area contributed by atoms with E-state index < -0.39 is 17.8 Å². The molecule has 1 fully saturated rings. The molecule has 3 rings (SSSR count). The Morgan fingerprint density at radius 3 is 2.30 bits per heavy atom. The van der Waals surface area contributed by atoms with Gasteiger partial charge in [0.05, 0.1) is 0 Å². The minimum Gasteiger partial charge on any atom is -0.247 e. The lowest BCUT2D eigenvalue weighted by Gasteiger charge is -2.24. The van der Waals surface area contributed by atoms with Gasteiger partial charge in [0.25, 0.3) is 0 Å². The Morgan fingerprint density at radius 2 is 1.63 bits per heavy atom. The standard InChI is InChI=1S/C24H27F3/c1-2-3-4-5-6-20-13-16-22(24(27)23(20)26)19-9-7-17(8-10-19)18-11-14-21(25)15-12-18/h5-10,13,16,18,21H,2-4,11-12,14-15H2,1H3. The van der Waals surface area contributed by atoms with Gasteiger partial charge in [0.1, 0.15) is 6.17 Å². The predicted octanol–water partition coefficient (Wildman–Crippen LogP) is 7.83. The number of allylic oxidation sites excluding steroid dienone is 1. The van der Waals surface area contributed by atoms with E-state index in [9.17, 15) is 13.2 Å². The van der Waals surface area contributed by atoms with Crippen LogP contribution in [-0.2, 0) is 0 Å². The fourth-order valence-electron chi connectivity index (χ4n) is 3.77. The summed E-state index contributed by atoms with van der Waals surface area (Å²) in [5, 5.41) is 0. The van der Waals surface area contributed by atoms with Crippen LogP contribution in [0.1, 0.15) is 68.9 Å². The number of hydrogen-bond acceptors (Lipinski definition) is 0. The average Bonchev–Trinajstić information content (AvgIpc) is 2.69. The third-order valence-electron chi connectivity index (χ3n) is 5.48. The molecule has 1 aliphatic carbocycles. The number of hydrogen-bond donors (Lipinski definition) is 0. The van der Waals surface area contributed by atoms with Crippen molar-refractivity contribution in [3.05, 3.63) is 65.2 Å². The molecule has 2 aromatic carbocycles. The second-order valence-corrected chi connectivity index (χ2v) is 7.45. The van der Waals surface area contributed by atoms with Gasteiger partial charge in [-0.25, -0.2) is 13.2 Å². The molecule has 0 aliphatic heterocycles. The first-order valence-electron chi connectivity index (χ1n) is 9.99. The maximum Gasteiger partial charge on any atom is 0.167 e. The molecular formula is C24H27F3. The van der Waals surface area contributed by atoms with Crippen molar-refractivity contribution in [1.82, 2.24) is 0 Å². The summed E-state index contributed by atoms with van der Waals surface area (Å²) in [6.07, 6.45) is 8.77. The van der Waals surface area contributed by atoms with Gasteiger partial charge in [0.2, 0.25) is 0 Å². The van der Waals surface area contributed by atoms with Crippen molar-refractivity contribution in [3.8, 4) is 11.1 Å². The highest BCUT2D eigenvalue weighted by Gasteiger charge is 2.22. The smallest absolute Gasteiger partial charge is 0.167 e. The van der Waals surface area contributed by atoms with E-state index >= 15 is 0 Å². The fourth-order valence-corrected chi connectivity index (χ4v) is 3.77. The molecular weight excluding hydrogens is 345 g/mol. The molecule has 0 atom stereocenters. The van der Waals surface area contributed by atoms with Gasteiger partial charge in [-0.15, -0.1) is 0 Å². The Hall–Kier alpha value is -2.03. The second-order valence-electron chi connectivity index (χ2n) is 7.45. The summed E-state index contributed by atoms with van der Waals surface area (Å²) in [5.41, 5.74) is 2.38. The van der Waals surface area contributed by atoms with Crippen molar-refractivity contribution >= 4 is 6.08 Å². The number of alkyl halides is 1. The lowest BCUT2D eigenvalue weighted by Crippen LogP contribution is -2.13. The Bertz CT molecular complexity index is 769. The van der Waals surface area contributed by atoms with Crippen molar-refractivity contribution in [2.24, 2.45) is 0 Å². The summed E-state index contributed by atoms with van der Waals surface area (Å²) in [6.45, 7) is 2.10. The number of unbranched alkanes of at least 4 members (excludes halogenated alkanes) is 2. The largest absolute Gasteiger partial charge is 0.247 e. The lowest BCUT2D eigenvalue weighted by molar-refractivity contribution is 0.235. The summed E-state index contributed by atoms with van der Waals surface area (Å²) >= 11 is 0. The fraction of sp³-hybridized carbons (Fsp3) is 0.417. The zero-order valence-electron chi connectivity index (χ0n) is 15.9. The van der Waals surface area contributed by atoms with Crippen LogP contribution < -0.4 is 0 Å². The molecule has 1 aliphatic rings. The van der Waals surface area contributed by atoms with E-state index in [0.717, 1.165) is 37.7 Å². The molecule has 1 saturated carbocycles. The van der Waals surface area contributed by atoms with Gasteiger partial charge in [-0.2, -0.15) is 0 Å². The van der Waals surface area contributed by atoms with Crippen LogP contribution in [0.5, 0.6) is 0 Å². The van der Waals surface area contributed by atoms with Crippen LogP contribution in [-0.4, -0.2) is 6.17 Å². The molecule has 0 amide bonds. The minimum absolute atomic E-state index is 0.275. The third-order valence-corrected chi connectivity index (χ3v) is 5.48. The van der Waals surface area contributed by atoms with E-state index in [0.29, 0.717) is 24.3 Å². The quantitative estimate of drug-likeness (QED) is 0.453. The first-order chi connectivity index (χ1) is 13.1. The van der Waals surface area contributed by atoms with Crippen molar-refractivity contribution < 1.29 is 13.2 Å². The monoisotopic (exact) mass is 372 g/mol. The highest BCUT2D eigenvalue weighted by Crippen LogP contribution is 2.35. The van der Waals surface area contributed by atoms with Crippen LogP contribution in [0, 0.1) is 11.6 Å². The summed E-state index contributed by atoms with van der Waals surface area (Å²) in [6, 6.07) is 10.9. The first kappa shape index (κ1) is 19.7. The summed E-state index contributed by atoms with van der Waals surface area (Å²) in [4.78, 5) is 0. The second kappa shape index (κ2) is 9.25. The van der Waals surface area contributed by atoms with Gasteiger partial charge in [-0.3, -0.25) is 0 Å². The Labute approximate surface area is 160 Å². The molecule has 0 heterocycles. The van der Waals surface area contributed by atoms with Crippen molar-refractivity contribution in [1.29, 1.82) is 0 Å². The van der Waals surface area contributed by atoms with Gasteiger partial charge in [0, 0.05) is 11.1 Å². The van der Waals surface area contributed by atoms with E-state index in [-0.39, 0.29) is 11.1 Å². The van der Waals surface area contributed by atoms with E-state index in [1.54, 1.807) is 18.2 Å². The highest BCUT2D eigenvalue weighted by molar-refractivity contribution is 5.67. The number of halogens is 3. The molecule has 27 heavy (non-hydrogen) atoms. The molecule has 0 radical (unpaired) electrons. The Morgan fingerprint density at radius 1 is 0.926 bits per heavy atom. The third kappa shape index (κ3) is 4.82. The van der Waals surface area contributed by atoms with Crippen molar-refractivity contribution in [3.63, 3.8) is 0 Å². The zero-order valence-corrected chi connectivity index (χ0v) is 15.9. The Kier molecular flexibility index (Phi) is 6.76. The van der Waals surface area contributed by atoms with Gasteiger partial charge >= 0.3 is 0 Å². The van der Waals surface area contributed by atoms with E-state index in [1.807, 2.05) is 30.3 Å². The van der Waals surface area contributed by atoms with Crippen LogP contribution in [0.15, 0.2) is 42.5 Å². The molecule has 0 N–H and O–H groups in total. The van der Waals surface area contributed by atoms with Gasteiger partial charge in [0.15, 0.2) is 11.6 Å². The Balaban J connectivity index is 1.76. The van der Waals surface area contributed by atoms with Crippen molar-refractivity contribution in [2.75, 3.05) is 0 Å². The van der Waals surface area contributed by atoms with Crippen LogP contribution in [0.4, 0.5) is 13.2 Å². The first-order valence-corrected chi connectivity index (χ1v) is 9.99. The van der Waals surface area contributed by atoms with Gasteiger partial charge in [-0.1, -0.05) is 68.3 Å². The number of rotatable bonds is 6. The summed E-state index contributed by atoms with van der Waals surface area (Å²) in [7, 11) is 0. The van der Waals surface area contributed by atoms with Gasteiger partial charge in [-0.05, 0) is 49.1 Å². The van der Waals surface area contributed by atoms with Crippen LogP contribution >= 0.6 is 0 Å². The SMILES string of the molecule is CCCCC=Cc1ccc(-c2ccc(C3CCC(F)CC3)cc2)c(F)c1F. The predicted molar refractivity (Wildman–Crippen MR) is 106 cm³/mol. The van der Waals surface area contributed by atoms with Crippen LogP contribution in [0.25, 0.3) is 17.2 Å². The topological polar surface area (TPSA) is 0 Å². The summed E-state index contributed by atoms with van der Waals surface area (Å²) in [5.74, 6) is -1.24. The maximum absolute atomic E-state index is 14.6. The molecule has 3 heteroatoms. The summed E-state index contributed by atoms with van der Waals surface area (Å²) < 4.78 is 42.3. The molecule has 144 valence electrons. The zero-order chi connectivity index (χ0) is 19.2. The molecule has 0 aromatic heterocycles. The number of benzene rings is 2. The van der Waals surface area contributed by atoms with Crippen LogP contribution in [0.2, 0.25) is 0 Å². The van der Waals surface area contributed by atoms with E-state index in [1.165, 1.54) is 0 Å². The highest BCUT2D eigenvalue weighted by atomic mass is 19.2. The molecule has 0 bridgehead atoms. The molecule has 0 unspecified atom stereocenters. The van der Waals surface area contributed by atoms with Crippen LogP contribution in [0.3, 0.4) is 0 Å². The molecule has 0 spiro atoms. The minimum atomic E-state index is -0.807. The molecule has 0 saturated heterocycles. The van der Waals surface area contributed by atoms with E-state index in [4.69, 9.17) is 0 Å². The lowest BCUT2D eigenvalue weighted by atomic mass is 9.83. The van der Waals surface area contributed by atoms with Crippen molar-refractivity contribution in [2.45, 2.75) is 64.0 Å². The molecule has 0 nitrogen and oxygen atoms in total.